The lowest BCUT2D eigenvalue weighted by molar-refractivity contribution is 0.0961. The lowest BCUT2D eigenvalue weighted by atomic mass is 9.98. The first-order valence-electron chi connectivity index (χ1n) is 6.40. The van der Waals surface area contributed by atoms with Crippen LogP contribution in [0.5, 0.6) is 5.75 Å². The van der Waals surface area contributed by atoms with Gasteiger partial charge in [0.05, 0.1) is 12.8 Å². The van der Waals surface area contributed by atoms with Crippen LogP contribution in [0.1, 0.15) is 49.4 Å². The fraction of sp³-hybridized carbons (Fsp3) is 0.571. The topological polar surface area (TPSA) is 39.2 Å². The van der Waals surface area contributed by atoms with E-state index in [1.807, 2.05) is 6.92 Å². The van der Waals surface area contributed by atoms with Crippen LogP contribution in [0.2, 0.25) is 0 Å². The third-order valence-electron chi connectivity index (χ3n) is 3.29. The van der Waals surface area contributed by atoms with Crippen molar-refractivity contribution >= 4 is 5.78 Å². The number of Topliss-reactive ketones (excluding diaryl/α,β-unsaturated/α-hetero) is 1. The zero-order valence-corrected chi connectivity index (χ0v) is 10.3. The van der Waals surface area contributed by atoms with Crippen molar-refractivity contribution in [2.24, 2.45) is 5.92 Å². The van der Waals surface area contributed by atoms with Gasteiger partial charge in [-0.3, -0.25) is 9.78 Å². The summed E-state index contributed by atoms with van der Waals surface area (Å²) in [6.07, 6.45) is 8.89. The summed E-state index contributed by atoms with van der Waals surface area (Å²) in [5.41, 5.74) is 0.683. The minimum Gasteiger partial charge on any atom is -0.492 e. The first-order chi connectivity index (χ1) is 8.29. The summed E-state index contributed by atoms with van der Waals surface area (Å²) in [6.45, 7) is 2.52. The molecule has 1 fully saturated rings. The standard InChI is InChI=1S/C14H19NO2/c1-2-17-13-8-12(9-15-10-13)14(16)7-11-5-3-4-6-11/h8-11H,2-7H2,1H3. The SMILES string of the molecule is CCOc1cncc(C(=O)CC2CCCC2)c1. The zero-order valence-electron chi connectivity index (χ0n) is 10.3. The van der Waals surface area contributed by atoms with E-state index in [0.717, 1.165) is 0 Å². The van der Waals surface area contributed by atoms with Crippen molar-refractivity contribution in [3.63, 3.8) is 0 Å². The number of carbonyl (C=O) groups is 1. The molecule has 1 heterocycles. The second-order valence-electron chi connectivity index (χ2n) is 4.62. The van der Waals surface area contributed by atoms with E-state index in [4.69, 9.17) is 4.74 Å². The maximum Gasteiger partial charge on any atom is 0.164 e. The highest BCUT2D eigenvalue weighted by Crippen LogP contribution is 2.28. The highest BCUT2D eigenvalue weighted by molar-refractivity contribution is 5.96. The lowest BCUT2D eigenvalue weighted by Crippen LogP contribution is -2.06. The molecule has 0 saturated heterocycles. The fourth-order valence-corrected chi connectivity index (χ4v) is 2.41. The van der Waals surface area contributed by atoms with E-state index in [1.54, 1.807) is 18.5 Å². The van der Waals surface area contributed by atoms with Gasteiger partial charge in [-0.05, 0) is 18.9 Å². The largest absolute Gasteiger partial charge is 0.492 e. The van der Waals surface area contributed by atoms with Crippen molar-refractivity contribution in [2.75, 3.05) is 6.61 Å². The van der Waals surface area contributed by atoms with Crippen LogP contribution in [-0.4, -0.2) is 17.4 Å². The second kappa shape index (κ2) is 5.80. The molecule has 17 heavy (non-hydrogen) atoms. The van der Waals surface area contributed by atoms with Crippen molar-refractivity contribution in [2.45, 2.75) is 39.0 Å². The summed E-state index contributed by atoms with van der Waals surface area (Å²) in [6, 6.07) is 1.80. The van der Waals surface area contributed by atoms with Crippen molar-refractivity contribution in [3.8, 4) is 5.75 Å². The number of carbonyl (C=O) groups excluding carboxylic acids is 1. The van der Waals surface area contributed by atoms with E-state index >= 15 is 0 Å². The summed E-state index contributed by atoms with van der Waals surface area (Å²) in [7, 11) is 0. The molecule has 0 atom stereocenters. The quantitative estimate of drug-likeness (QED) is 0.733. The van der Waals surface area contributed by atoms with Gasteiger partial charge in [-0.25, -0.2) is 0 Å². The van der Waals surface area contributed by atoms with Gasteiger partial charge in [0.15, 0.2) is 5.78 Å². The average Bonchev–Trinajstić information content (AvgIpc) is 2.83. The Morgan fingerprint density at radius 2 is 2.18 bits per heavy atom. The Hall–Kier alpha value is -1.38. The van der Waals surface area contributed by atoms with Crippen LogP contribution in [0.15, 0.2) is 18.5 Å². The van der Waals surface area contributed by atoms with Crippen LogP contribution < -0.4 is 4.74 Å². The first-order valence-corrected chi connectivity index (χ1v) is 6.40. The maximum absolute atomic E-state index is 12.1. The number of hydrogen-bond donors (Lipinski definition) is 0. The van der Waals surface area contributed by atoms with E-state index in [2.05, 4.69) is 4.98 Å². The molecule has 0 amide bonds. The van der Waals surface area contributed by atoms with E-state index in [0.29, 0.717) is 30.3 Å². The Bertz CT molecular complexity index is 384. The molecule has 0 aliphatic heterocycles. The summed E-state index contributed by atoms with van der Waals surface area (Å²) in [5, 5.41) is 0. The van der Waals surface area contributed by atoms with Gasteiger partial charge in [0.2, 0.25) is 0 Å². The van der Waals surface area contributed by atoms with Crippen molar-refractivity contribution in [3.05, 3.63) is 24.0 Å². The molecule has 92 valence electrons. The molecular weight excluding hydrogens is 214 g/mol. The molecule has 1 aromatic heterocycles. The highest BCUT2D eigenvalue weighted by Gasteiger charge is 2.19. The minimum absolute atomic E-state index is 0.200. The molecule has 0 unspecified atom stereocenters. The number of pyridine rings is 1. The molecule has 0 radical (unpaired) electrons. The van der Waals surface area contributed by atoms with Gasteiger partial charge in [0, 0.05) is 18.2 Å². The predicted molar refractivity (Wildman–Crippen MR) is 66.3 cm³/mol. The molecule has 3 nitrogen and oxygen atoms in total. The minimum atomic E-state index is 0.200. The number of nitrogens with zero attached hydrogens (tertiary/aromatic N) is 1. The van der Waals surface area contributed by atoms with Crippen LogP contribution in [-0.2, 0) is 0 Å². The molecule has 1 aromatic rings. The Morgan fingerprint density at radius 1 is 1.41 bits per heavy atom. The van der Waals surface area contributed by atoms with Gasteiger partial charge in [0.1, 0.15) is 5.75 Å². The van der Waals surface area contributed by atoms with Crippen LogP contribution >= 0.6 is 0 Å². The van der Waals surface area contributed by atoms with Crippen molar-refractivity contribution in [1.29, 1.82) is 0 Å². The molecule has 1 saturated carbocycles. The zero-order chi connectivity index (χ0) is 12.1. The van der Waals surface area contributed by atoms with E-state index in [9.17, 15) is 4.79 Å². The van der Waals surface area contributed by atoms with Crippen LogP contribution in [0, 0.1) is 5.92 Å². The van der Waals surface area contributed by atoms with E-state index < -0.39 is 0 Å². The van der Waals surface area contributed by atoms with Gasteiger partial charge in [-0.1, -0.05) is 25.7 Å². The van der Waals surface area contributed by atoms with Gasteiger partial charge in [-0.2, -0.15) is 0 Å². The molecule has 0 aromatic carbocycles. The molecule has 1 aliphatic carbocycles. The number of aromatic nitrogens is 1. The summed E-state index contributed by atoms with van der Waals surface area (Å²) in [4.78, 5) is 16.1. The predicted octanol–water partition coefficient (Wildman–Crippen LogP) is 3.24. The summed E-state index contributed by atoms with van der Waals surface area (Å²) >= 11 is 0. The Balaban J connectivity index is 1.99. The third kappa shape index (κ3) is 3.29. The molecule has 2 rings (SSSR count). The smallest absolute Gasteiger partial charge is 0.164 e. The van der Waals surface area contributed by atoms with Gasteiger partial charge in [-0.15, -0.1) is 0 Å². The van der Waals surface area contributed by atoms with Crippen LogP contribution in [0.4, 0.5) is 0 Å². The van der Waals surface area contributed by atoms with E-state index in [1.165, 1.54) is 25.7 Å². The number of ether oxygens (including phenoxy) is 1. The lowest BCUT2D eigenvalue weighted by Gasteiger charge is -2.08. The molecular formula is C14H19NO2. The third-order valence-corrected chi connectivity index (χ3v) is 3.29. The molecule has 0 N–H and O–H groups in total. The Kier molecular flexibility index (Phi) is 4.13. The molecule has 1 aliphatic rings. The maximum atomic E-state index is 12.1. The number of hydrogen-bond acceptors (Lipinski definition) is 3. The van der Waals surface area contributed by atoms with Crippen molar-refractivity contribution < 1.29 is 9.53 Å². The molecule has 0 spiro atoms. The first kappa shape index (κ1) is 12.1. The van der Waals surface area contributed by atoms with Gasteiger partial charge >= 0.3 is 0 Å². The summed E-state index contributed by atoms with van der Waals surface area (Å²) in [5.74, 6) is 1.47. The van der Waals surface area contributed by atoms with Crippen LogP contribution in [0.25, 0.3) is 0 Å². The number of ketones is 1. The van der Waals surface area contributed by atoms with Gasteiger partial charge < -0.3 is 4.74 Å². The Labute approximate surface area is 102 Å². The number of rotatable bonds is 5. The fourth-order valence-electron chi connectivity index (χ4n) is 2.41. The molecule has 3 heteroatoms. The summed E-state index contributed by atoms with van der Waals surface area (Å²) < 4.78 is 5.35. The van der Waals surface area contributed by atoms with Crippen LogP contribution in [0.3, 0.4) is 0 Å². The van der Waals surface area contributed by atoms with Gasteiger partial charge in [0.25, 0.3) is 0 Å². The van der Waals surface area contributed by atoms with E-state index in [-0.39, 0.29) is 5.78 Å². The highest BCUT2D eigenvalue weighted by atomic mass is 16.5. The average molecular weight is 233 g/mol. The second-order valence-corrected chi connectivity index (χ2v) is 4.62. The Morgan fingerprint density at radius 3 is 2.88 bits per heavy atom. The van der Waals surface area contributed by atoms with Crippen molar-refractivity contribution in [1.82, 2.24) is 4.98 Å². The monoisotopic (exact) mass is 233 g/mol. The molecule has 0 bridgehead atoms. The normalized spacial score (nSPS) is 16.1.